The Labute approximate surface area is 115 Å². The van der Waals surface area contributed by atoms with E-state index in [1.54, 1.807) is 0 Å². The fourth-order valence-electron chi connectivity index (χ4n) is 2.97. The summed E-state index contributed by atoms with van der Waals surface area (Å²) >= 11 is 0. The van der Waals surface area contributed by atoms with E-state index in [4.69, 9.17) is 4.74 Å². The first-order valence-corrected chi connectivity index (χ1v) is 7.29. The monoisotopic (exact) mass is 261 g/mol. The van der Waals surface area contributed by atoms with Gasteiger partial charge in [-0.1, -0.05) is 6.07 Å². The molecule has 1 aromatic rings. The Balaban J connectivity index is 1.41. The van der Waals surface area contributed by atoms with Gasteiger partial charge < -0.3 is 10.1 Å². The topological polar surface area (TPSA) is 37.4 Å². The van der Waals surface area contributed by atoms with Crippen molar-refractivity contribution in [3.8, 4) is 0 Å². The number of fused-ring (bicyclic) bond motifs is 1. The molecule has 3 heterocycles. The molecular weight excluding hydrogens is 238 g/mol. The van der Waals surface area contributed by atoms with E-state index in [-0.39, 0.29) is 0 Å². The Morgan fingerprint density at radius 3 is 3.26 bits per heavy atom. The van der Waals surface area contributed by atoms with Crippen LogP contribution in [0.5, 0.6) is 0 Å². The molecule has 3 rings (SSSR count). The normalized spacial score (nSPS) is 27.4. The van der Waals surface area contributed by atoms with Crippen molar-refractivity contribution in [1.82, 2.24) is 15.2 Å². The fourth-order valence-corrected chi connectivity index (χ4v) is 2.97. The van der Waals surface area contributed by atoms with E-state index in [1.165, 1.54) is 24.9 Å². The minimum Gasteiger partial charge on any atom is -0.374 e. The number of aryl methyl sites for hydroxylation is 1. The smallest absolute Gasteiger partial charge is 0.0827 e. The number of nitrogens with one attached hydrogen (secondary N) is 1. The number of morpholine rings is 1. The first-order chi connectivity index (χ1) is 9.31. The highest BCUT2D eigenvalue weighted by Gasteiger charge is 2.31. The third-order valence-corrected chi connectivity index (χ3v) is 4.11. The van der Waals surface area contributed by atoms with Crippen LogP contribution in [0.25, 0.3) is 0 Å². The lowest BCUT2D eigenvalue weighted by atomic mass is 10.2. The van der Waals surface area contributed by atoms with Gasteiger partial charge in [-0.05, 0) is 37.9 Å². The number of ether oxygens (including phenoxy) is 1. The van der Waals surface area contributed by atoms with Crippen molar-refractivity contribution in [1.29, 1.82) is 0 Å². The molecule has 0 bridgehead atoms. The number of rotatable bonds is 4. The molecule has 2 fully saturated rings. The largest absolute Gasteiger partial charge is 0.374 e. The second-order valence-corrected chi connectivity index (χ2v) is 5.70. The first kappa shape index (κ1) is 13.0. The predicted molar refractivity (Wildman–Crippen MR) is 75.0 cm³/mol. The maximum absolute atomic E-state index is 5.92. The third-order valence-electron chi connectivity index (χ3n) is 4.11. The molecule has 2 aliphatic rings. The first-order valence-electron chi connectivity index (χ1n) is 7.29. The second kappa shape index (κ2) is 5.99. The van der Waals surface area contributed by atoms with Crippen molar-refractivity contribution in [2.45, 2.75) is 38.5 Å². The summed E-state index contributed by atoms with van der Waals surface area (Å²) in [7, 11) is 0. The summed E-state index contributed by atoms with van der Waals surface area (Å²) in [6.45, 7) is 7.05. The maximum Gasteiger partial charge on any atom is 0.0827 e. The molecule has 0 saturated carbocycles. The van der Waals surface area contributed by atoms with Crippen LogP contribution in [0.2, 0.25) is 0 Å². The van der Waals surface area contributed by atoms with Gasteiger partial charge >= 0.3 is 0 Å². The second-order valence-electron chi connectivity index (χ2n) is 5.70. The van der Waals surface area contributed by atoms with Gasteiger partial charge in [0.1, 0.15) is 0 Å². The molecule has 4 nitrogen and oxygen atoms in total. The summed E-state index contributed by atoms with van der Waals surface area (Å²) in [4.78, 5) is 6.98. The molecule has 104 valence electrons. The summed E-state index contributed by atoms with van der Waals surface area (Å²) in [6.07, 6.45) is 4.90. The zero-order valence-corrected chi connectivity index (χ0v) is 11.6. The van der Waals surface area contributed by atoms with Crippen LogP contribution in [0.4, 0.5) is 0 Å². The van der Waals surface area contributed by atoms with E-state index in [0.717, 1.165) is 31.9 Å². The predicted octanol–water partition coefficient (Wildman–Crippen LogP) is 1.34. The summed E-state index contributed by atoms with van der Waals surface area (Å²) in [5.41, 5.74) is 2.31. The molecule has 0 spiro atoms. The average Bonchev–Trinajstić information content (AvgIpc) is 2.88. The van der Waals surface area contributed by atoms with Crippen molar-refractivity contribution in [3.63, 3.8) is 0 Å². The van der Waals surface area contributed by atoms with Crippen LogP contribution < -0.4 is 5.32 Å². The molecule has 2 saturated heterocycles. The molecule has 2 atom stereocenters. The standard InChI is InChI=1S/C15H23N3O/c1-12-4-5-13(17-7-12)8-16-9-15-10-18-6-2-3-14(18)11-19-15/h4-5,7,14-16H,2-3,6,8-11H2,1H3. The SMILES string of the molecule is Cc1ccc(CNCC2CN3CCCC3CO2)nc1. The minimum absolute atomic E-state index is 0.333. The van der Waals surface area contributed by atoms with E-state index in [2.05, 4.69) is 34.3 Å². The van der Waals surface area contributed by atoms with Crippen LogP contribution >= 0.6 is 0 Å². The van der Waals surface area contributed by atoms with Gasteiger partial charge in [-0.3, -0.25) is 9.88 Å². The number of aromatic nitrogens is 1. The van der Waals surface area contributed by atoms with Gasteiger partial charge in [0.2, 0.25) is 0 Å². The molecule has 4 heteroatoms. The lowest BCUT2D eigenvalue weighted by Crippen LogP contribution is -2.49. The van der Waals surface area contributed by atoms with Crippen LogP contribution in [0, 0.1) is 6.92 Å². The molecule has 0 aliphatic carbocycles. The molecular formula is C15H23N3O. The third kappa shape index (κ3) is 3.32. The van der Waals surface area contributed by atoms with Crippen molar-refractivity contribution in [3.05, 3.63) is 29.6 Å². The minimum atomic E-state index is 0.333. The highest BCUT2D eigenvalue weighted by atomic mass is 16.5. The van der Waals surface area contributed by atoms with Crippen molar-refractivity contribution in [2.24, 2.45) is 0 Å². The van der Waals surface area contributed by atoms with Crippen LogP contribution in [0.3, 0.4) is 0 Å². The fraction of sp³-hybridized carbons (Fsp3) is 0.667. The van der Waals surface area contributed by atoms with Crippen LogP contribution in [-0.4, -0.2) is 48.3 Å². The van der Waals surface area contributed by atoms with Crippen molar-refractivity contribution in [2.75, 3.05) is 26.2 Å². The summed E-state index contributed by atoms with van der Waals surface area (Å²) < 4.78 is 5.92. The molecule has 1 N–H and O–H groups in total. The zero-order chi connectivity index (χ0) is 13.1. The molecule has 0 aromatic carbocycles. The highest BCUT2D eigenvalue weighted by molar-refractivity contribution is 5.11. The maximum atomic E-state index is 5.92. The molecule has 2 unspecified atom stereocenters. The summed E-state index contributed by atoms with van der Waals surface area (Å²) in [6, 6.07) is 4.88. The van der Waals surface area contributed by atoms with Gasteiger partial charge in [-0.15, -0.1) is 0 Å². The zero-order valence-electron chi connectivity index (χ0n) is 11.6. The average molecular weight is 261 g/mol. The van der Waals surface area contributed by atoms with Gasteiger partial charge in [0, 0.05) is 31.9 Å². The molecule has 2 aliphatic heterocycles. The quantitative estimate of drug-likeness (QED) is 0.887. The Kier molecular flexibility index (Phi) is 4.11. The van der Waals surface area contributed by atoms with Crippen molar-refractivity contribution >= 4 is 0 Å². The lowest BCUT2D eigenvalue weighted by molar-refractivity contribution is -0.0470. The molecule has 1 aromatic heterocycles. The Morgan fingerprint density at radius 2 is 2.42 bits per heavy atom. The van der Waals surface area contributed by atoms with Gasteiger partial charge in [-0.25, -0.2) is 0 Å². The van der Waals surface area contributed by atoms with E-state index in [9.17, 15) is 0 Å². The van der Waals surface area contributed by atoms with E-state index in [0.29, 0.717) is 12.1 Å². The van der Waals surface area contributed by atoms with Gasteiger partial charge in [0.05, 0.1) is 18.4 Å². The number of pyridine rings is 1. The lowest BCUT2D eigenvalue weighted by Gasteiger charge is -2.35. The molecule has 0 amide bonds. The highest BCUT2D eigenvalue weighted by Crippen LogP contribution is 2.22. The summed E-state index contributed by atoms with van der Waals surface area (Å²) in [5, 5.41) is 3.46. The van der Waals surface area contributed by atoms with E-state index < -0.39 is 0 Å². The molecule has 0 radical (unpaired) electrons. The number of nitrogens with zero attached hydrogens (tertiary/aromatic N) is 2. The van der Waals surface area contributed by atoms with Crippen molar-refractivity contribution < 1.29 is 4.74 Å². The Hall–Kier alpha value is -0.970. The molecule has 19 heavy (non-hydrogen) atoms. The van der Waals surface area contributed by atoms with Crippen LogP contribution in [0.15, 0.2) is 18.3 Å². The van der Waals surface area contributed by atoms with Crippen LogP contribution in [-0.2, 0) is 11.3 Å². The van der Waals surface area contributed by atoms with E-state index >= 15 is 0 Å². The number of hydrogen-bond donors (Lipinski definition) is 1. The Bertz CT molecular complexity index is 406. The van der Waals surface area contributed by atoms with Crippen LogP contribution in [0.1, 0.15) is 24.1 Å². The van der Waals surface area contributed by atoms with Gasteiger partial charge in [0.15, 0.2) is 0 Å². The number of hydrogen-bond acceptors (Lipinski definition) is 4. The van der Waals surface area contributed by atoms with Gasteiger partial charge in [-0.2, -0.15) is 0 Å². The van der Waals surface area contributed by atoms with E-state index in [1.807, 2.05) is 6.20 Å². The van der Waals surface area contributed by atoms with Gasteiger partial charge in [0.25, 0.3) is 0 Å². The Morgan fingerprint density at radius 1 is 1.47 bits per heavy atom. The summed E-state index contributed by atoms with van der Waals surface area (Å²) in [5.74, 6) is 0.